The Bertz CT molecular complexity index is 1120. The van der Waals surface area contributed by atoms with Gasteiger partial charge in [-0.25, -0.2) is 4.79 Å². The molecular weight excluding hydrogens is 394 g/mol. The van der Waals surface area contributed by atoms with Crippen LogP contribution in [0.15, 0.2) is 58.4 Å². The molecule has 0 radical (unpaired) electrons. The summed E-state index contributed by atoms with van der Waals surface area (Å²) in [5.41, 5.74) is -0.749. The van der Waals surface area contributed by atoms with Crippen LogP contribution in [0.1, 0.15) is 36.3 Å². The number of rotatable bonds is 6. The molecule has 0 saturated carbocycles. The summed E-state index contributed by atoms with van der Waals surface area (Å²) in [5.74, 6) is -0.632. The molecule has 0 aliphatic carbocycles. The first-order chi connectivity index (χ1) is 13.9. The molecule has 1 aromatic carbocycles. The lowest BCUT2D eigenvalue weighted by atomic mass is 10.2. The zero-order valence-corrected chi connectivity index (χ0v) is 16.8. The molecule has 0 bridgehead atoms. The van der Waals surface area contributed by atoms with Gasteiger partial charge in [-0.3, -0.25) is 19.1 Å². The number of nitrogens with zero attached hydrogens (tertiary/aromatic N) is 4. The van der Waals surface area contributed by atoms with Gasteiger partial charge in [-0.15, -0.1) is 0 Å². The number of pyridine rings is 1. The molecular formula is C20H20ClN5O3. The Morgan fingerprint density at radius 1 is 1.21 bits per heavy atom. The molecule has 2 aromatic heterocycles. The number of carbonyl (C=O) groups excluding carboxylic acids is 1. The zero-order valence-electron chi connectivity index (χ0n) is 16.0. The lowest BCUT2D eigenvalue weighted by Crippen LogP contribution is -2.47. The van der Waals surface area contributed by atoms with Gasteiger partial charge in [-0.05, 0) is 49.2 Å². The molecule has 0 aliphatic rings. The highest BCUT2D eigenvalue weighted by molar-refractivity contribution is 6.30. The molecule has 1 unspecified atom stereocenters. The smallest absolute Gasteiger partial charge is 0.348 e. The van der Waals surface area contributed by atoms with Crippen molar-refractivity contribution in [3.63, 3.8) is 0 Å². The first-order valence-corrected chi connectivity index (χ1v) is 9.48. The number of benzene rings is 1. The van der Waals surface area contributed by atoms with Crippen LogP contribution in [0.4, 0.5) is 0 Å². The highest BCUT2D eigenvalue weighted by Gasteiger charge is 2.21. The summed E-state index contributed by atoms with van der Waals surface area (Å²) in [4.78, 5) is 42.6. The van der Waals surface area contributed by atoms with Crippen molar-refractivity contribution in [2.45, 2.75) is 32.9 Å². The van der Waals surface area contributed by atoms with Crippen LogP contribution in [-0.4, -0.2) is 31.3 Å². The van der Waals surface area contributed by atoms with Gasteiger partial charge < -0.3 is 5.32 Å². The monoisotopic (exact) mass is 413 g/mol. The number of hydrogen-bond donors (Lipinski definition) is 1. The molecule has 3 rings (SSSR count). The normalized spacial score (nSPS) is 11.8. The summed E-state index contributed by atoms with van der Waals surface area (Å²) >= 11 is 5.92. The molecule has 29 heavy (non-hydrogen) atoms. The molecule has 8 nitrogen and oxygen atoms in total. The van der Waals surface area contributed by atoms with E-state index in [4.69, 9.17) is 11.6 Å². The van der Waals surface area contributed by atoms with E-state index in [0.717, 1.165) is 9.25 Å². The number of amides is 1. The fraction of sp³-hybridized carbons (Fsp3) is 0.250. The second-order valence-corrected chi connectivity index (χ2v) is 6.99. The Morgan fingerprint density at radius 3 is 2.55 bits per heavy atom. The van der Waals surface area contributed by atoms with Gasteiger partial charge in [-0.2, -0.15) is 9.78 Å². The third-order valence-corrected chi connectivity index (χ3v) is 4.65. The van der Waals surface area contributed by atoms with E-state index in [1.807, 2.05) is 13.8 Å². The SMILES string of the molecule is CCC(C)NC(=O)c1nn(-c2ccc(Cl)cc2)c(=O)n(Cc2cccnc2)c1=O. The van der Waals surface area contributed by atoms with Crippen LogP contribution in [0.5, 0.6) is 0 Å². The number of hydrogen-bond acceptors (Lipinski definition) is 5. The summed E-state index contributed by atoms with van der Waals surface area (Å²) in [6.07, 6.45) is 3.83. The molecule has 0 saturated heterocycles. The van der Waals surface area contributed by atoms with Crippen LogP contribution in [0, 0.1) is 0 Å². The molecule has 1 atom stereocenters. The van der Waals surface area contributed by atoms with Crippen molar-refractivity contribution in [2.75, 3.05) is 0 Å². The van der Waals surface area contributed by atoms with Gasteiger partial charge in [0.25, 0.3) is 11.5 Å². The first-order valence-electron chi connectivity index (χ1n) is 9.10. The lowest BCUT2D eigenvalue weighted by molar-refractivity contribution is 0.0929. The van der Waals surface area contributed by atoms with Gasteiger partial charge in [0.1, 0.15) is 0 Å². The van der Waals surface area contributed by atoms with E-state index >= 15 is 0 Å². The van der Waals surface area contributed by atoms with E-state index in [1.54, 1.807) is 48.8 Å². The third-order valence-electron chi connectivity index (χ3n) is 4.40. The summed E-state index contributed by atoms with van der Waals surface area (Å²) < 4.78 is 2.00. The summed E-state index contributed by atoms with van der Waals surface area (Å²) in [6, 6.07) is 9.67. The molecule has 0 spiro atoms. The van der Waals surface area contributed by atoms with Gasteiger partial charge in [0.05, 0.1) is 12.2 Å². The quantitative estimate of drug-likeness (QED) is 0.666. The topological polar surface area (TPSA) is 98.9 Å². The highest BCUT2D eigenvalue weighted by atomic mass is 35.5. The number of nitrogens with one attached hydrogen (secondary N) is 1. The van der Waals surface area contributed by atoms with Crippen LogP contribution < -0.4 is 16.6 Å². The molecule has 0 aliphatic heterocycles. The van der Waals surface area contributed by atoms with Crippen LogP contribution in [-0.2, 0) is 6.54 Å². The zero-order chi connectivity index (χ0) is 21.0. The maximum absolute atomic E-state index is 13.0. The van der Waals surface area contributed by atoms with Crippen molar-refractivity contribution in [1.82, 2.24) is 24.6 Å². The standard InChI is InChI=1S/C20H20ClN5O3/c1-3-13(2)23-18(27)17-19(28)25(12-14-5-4-10-22-11-14)20(29)26(24-17)16-8-6-15(21)7-9-16/h4-11,13H,3,12H2,1-2H3,(H,23,27). The van der Waals surface area contributed by atoms with Crippen LogP contribution in [0.2, 0.25) is 5.02 Å². The predicted octanol–water partition coefficient (Wildman–Crippen LogP) is 2.02. The van der Waals surface area contributed by atoms with Crippen molar-refractivity contribution in [3.05, 3.63) is 85.9 Å². The number of carbonyl (C=O) groups is 1. The Morgan fingerprint density at radius 2 is 1.93 bits per heavy atom. The van der Waals surface area contributed by atoms with Crippen LogP contribution in [0.25, 0.3) is 5.69 Å². The first kappa shape index (κ1) is 20.5. The Kier molecular flexibility index (Phi) is 6.23. The van der Waals surface area contributed by atoms with Gasteiger partial charge in [0.2, 0.25) is 5.69 Å². The minimum absolute atomic E-state index is 0.0365. The molecule has 9 heteroatoms. The van der Waals surface area contributed by atoms with Gasteiger partial charge in [0, 0.05) is 23.5 Å². The summed E-state index contributed by atoms with van der Waals surface area (Å²) in [6.45, 7) is 3.69. The van der Waals surface area contributed by atoms with E-state index in [1.165, 1.54) is 0 Å². The predicted molar refractivity (Wildman–Crippen MR) is 110 cm³/mol. The minimum atomic E-state index is -0.759. The molecule has 2 heterocycles. The van der Waals surface area contributed by atoms with Crippen LogP contribution in [0.3, 0.4) is 0 Å². The van der Waals surface area contributed by atoms with Crippen molar-refractivity contribution < 1.29 is 4.79 Å². The molecule has 1 amide bonds. The fourth-order valence-electron chi connectivity index (χ4n) is 2.62. The maximum atomic E-state index is 13.0. The summed E-state index contributed by atoms with van der Waals surface area (Å²) in [7, 11) is 0. The van der Waals surface area contributed by atoms with E-state index < -0.39 is 17.2 Å². The van der Waals surface area contributed by atoms with Crippen molar-refractivity contribution in [1.29, 1.82) is 0 Å². The average Bonchev–Trinajstić information content (AvgIpc) is 2.72. The Balaban J connectivity index is 2.18. The highest BCUT2D eigenvalue weighted by Crippen LogP contribution is 2.11. The van der Waals surface area contributed by atoms with Crippen molar-refractivity contribution >= 4 is 17.5 Å². The van der Waals surface area contributed by atoms with E-state index in [9.17, 15) is 14.4 Å². The molecule has 0 fully saturated rings. The van der Waals surface area contributed by atoms with E-state index in [0.29, 0.717) is 22.7 Å². The van der Waals surface area contributed by atoms with E-state index in [2.05, 4.69) is 15.4 Å². The van der Waals surface area contributed by atoms with Gasteiger partial charge >= 0.3 is 5.69 Å². The number of halogens is 1. The Hall–Kier alpha value is -3.26. The van der Waals surface area contributed by atoms with E-state index in [-0.39, 0.29) is 18.3 Å². The van der Waals surface area contributed by atoms with Crippen molar-refractivity contribution in [2.24, 2.45) is 0 Å². The number of aromatic nitrogens is 4. The average molecular weight is 414 g/mol. The maximum Gasteiger partial charge on any atom is 0.352 e. The summed E-state index contributed by atoms with van der Waals surface area (Å²) in [5, 5.41) is 7.27. The lowest BCUT2D eigenvalue weighted by Gasteiger charge is -2.14. The molecule has 3 aromatic rings. The second-order valence-electron chi connectivity index (χ2n) is 6.55. The fourth-order valence-corrected chi connectivity index (χ4v) is 2.74. The van der Waals surface area contributed by atoms with Crippen molar-refractivity contribution in [3.8, 4) is 5.69 Å². The van der Waals surface area contributed by atoms with Gasteiger partial charge in [0.15, 0.2) is 0 Å². The van der Waals surface area contributed by atoms with Crippen LogP contribution >= 0.6 is 11.6 Å². The molecule has 150 valence electrons. The minimum Gasteiger partial charge on any atom is -0.348 e. The third kappa shape index (κ3) is 4.60. The van der Waals surface area contributed by atoms with Gasteiger partial charge in [-0.1, -0.05) is 24.6 Å². The second kappa shape index (κ2) is 8.83. The largest absolute Gasteiger partial charge is 0.352 e. The molecule has 1 N–H and O–H groups in total. The Labute approximate surface area is 171 Å².